The minimum atomic E-state index is 0.422. The minimum Gasteiger partial charge on any atom is -0.380 e. The van der Waals surface area contributed by atoms with Crippen LogP contribution in [0.1, 0.15) is 39.5 Å². The van der Waals surface area contributed by atoms with Crippen LogP contribution in [-0.2, 0) is 4.74 Å². The van der Waals surface area contributed by atoms with E-state index in [2.05, 4.69) is 19.2 Å². The average molecular weight is 223 g/mol. The molecule has 0 aromatic heterocycles. The Morgan fingerprint density at radius 1 is 1.31 bits per heavy atom. The minimum absolute atomic E-state index is 0.422. The summed E-state index contributed by atoms with van der Waals surface area (Å²) >= 11 is 0. The quantitative estimate of drug-likeness (QED) is 0.790. The second kappa shape index (κ2) is 3.99. The molecule has 0 radical (unpaired) electrons. The first-order valence-corrected chi connectivity index (χ1v) is 6.97. The van der Waals surface area contributed by atoms with Crippen molar-refractivity contribution in [3.8, 4) is 0 Å². The lowest BCUT2D eigenvalue weighted by atomic mass is 9.82. The van der Waals surface area contributed by atoms with E-state index in [4.69, 9.17) is 4.74 Å². The number of fused-ring (bicyclic) bond motifs is 2. The van der Waals surface area contributed by atoms with Crippen LogP contribution in [0.5, 0.6) is 0 Å². The third-order valence-corrected chi connectivity index (χ3v) is 5.19. The number of rotatable bonds is 4. The number of hydrogen-bond acceptors (Lipinski definition) is 2. The number of hydrogen-bond donors (Lipinski definition) is 1. The van der Waals surface area contributed by atoms with E-state index in [1.165, 1.54) is 25.7 Å². The van der Waals surface area contributed by atoms with Crippen LogP contribution in [0.25, 0.3) is 0 Å². The molecule has 92 valence electrons. The maximum atomic E-state index is 5.31. The molecule has 0 spiro atoms. The first-order chi connectivity index (χ1) is 7.66. The van der Waals surface area contributed by atoms with Crippen LogP contribution in [0.3, 0.4) is 0 Å². The highest BCUT2D eigenvalue weighted by molar-refractivity contribution is 4.95. The maximum Gasteiger partial charge on any atom is 0.0554 e. The molecule has 1 saturated heterocycles. The van der Waals surface area contributed by atoms with E-state index in [9.17, 15) is 0 Å². The van der Waals surface area contributed by atoms with Crippen LogP contribution in [-0.4, -0.2) is 25.8 Å². The Morgan fingerprint density at radius 2 is 2.12 bits per heavy atom. The highest BCUT2D eigenvalue weighted by Gasteiger charge is 2.42. The number of ether oxygens (including phenoxy) is 1. The fourth-order valence-electron chi connectivity index (χ4n) is 4.02. The van der Waals surface area contributed by atoms with Crippen LogP contribution in [0.4, 0.5) is 0 Å². The van der Waals surface area contributed by atoms with E-state index in [1.807, 2.05) is 0 Å². The summed E-state index contributed by atoms with van der Waals surface area (Å²) in [5.41, 5.74) is 0.422. The van der Waals surface area contributed by atoms with Crippen LogP contribution >= 0.6 is 0 Å². The van der Waals surface area contributed by atoms with E-state index in [-0.39, 0.29) is 0 Å². The van der Waals surface area contributed by atoms with Crippen molar-refractivity contribution >= 4 is 0 Å². The van der Waals surface area contributed by atoms with Gasteiger partial charge >= 0.3 is 0 Å². The molecule has 1 heterocycles. The largest absolute Gasteiger partial charge is 0.380 e. The molecule has 1 aliphatic heterocycles. The summed E-state index contributed by atoms with van der Waals surface area (Å²) in [6.07, 6.45) is 6.03. The third-order valence-electron chi connectivity index (χ3n) is 5.19. The molecular formula is C14H25NO. The lowest BCUT2D eigenvalue weighted by Gasteiger charge is -2.40. The van der Waals surface area contributed by atoms with E-state index >= 15 is 0 Å². The summed E-state index contributed by atoms with van der Waals surface area (Å²) in [7, 11) is 0. The van der Waals surface area contributed by atoms with Crippen LogP contribution in [0, 0.1) is 23.2 Å². The summed E-state index contributed by atoms with van der Waals surface area (Å²) in [5, 5.41) is 3.77. The first-order valence-electron chi connectivity index (χ1n) is 6.97. The molecule has 3 rings (SSSR count). The summed E-state index contributed by atoms with van der Waals surface area (Å²) in [5.74, 6) is 3.07. The molecule has 0 aromatic carbocycles. The first kappa shape index (κ1) is 11.0. The topological polar surface area (TPSA) is 21.3 Å². The zero-order valence-corrected chi connectivity index (χ0v) is 10.7. The molecule has 0 amide bonds. The Balaban J connectivity index is 1.48. The number of nitrogens with one attached hydrogen (secondary N) is 1. The molecular weight excluding hydrogens is 198 g/mol. The lowest BCUT2D eigenvalue weighted by Crippen LogP contribution is -2.50. The van der Waals surface area contributed by atoms with Gasteiger partial charge in [-0.3, -0.25) is 0 Å². The Hall–Kier alpha value is -0.0800. The Kier molecular flexibility index (Phi) is 2.75. The van der Waals surface area contributed by atoms with Crippen molar-refractivity contribution in [2.45, 2.75) is 45.6 Å². The van der Waals surface area contributed by atoms with Gasteiger partial charge in [-0.15, -0.1) is 0 Å². The molecule has 2 aliphatic carbocycles. The second-order valence-corrected chi connectivity index (χ2v) is 6.81. The van der Waals surface area contributed by atoms with Crippen molar-refractivity contribution in [3.05, 3.63) is 0 Å². The van der Waals surface area contributed by atoms with Crippen molar-refractivity contribution in [1.29, 1.82) is 0 Å². The van der Waals surface area contributed by atoms with Gasteiger partial charge in [0.25, 0.3) is 0 Å². The summed E-state index contributed by atoms with van der Waals surface area (Å²) in [4.78, 5) is 0. The van der Waals surface area contributed by atoms with Gasteiger partial charge in [-0.2, -0.15) is 0 Å². The Morgan fingerprint density at radius 3 is 2.62 bits per heavy atom. The van der Waals surface area contributed by atoms with Crippen LogP contribution < -0.4 is 5.32 Å². The van der Waals surface area contributed by atoms with E-state index in [1.54, 1.807) is 0 Å². The third kappa shape index (κ3) is 1.91. The van der Waals surface area contributed by atoms with E-state index in [0.29, 0.717) is 11.5 Å². The van der Waals surface area contributed by atoms with Gasteiger partial charge in [-0.05, 0) is 43.9 Å². The average Bonchev–Trinajstić information content (AvgIpc) is 2.84. The molecule has 2 heteroatoms. The van der Waals surface area contributed by atoms with Crippen molar-refractivity contribution in [3.63, 3.8) is 0 Å². The van der Waals surface area contributed by atoms with Gasteiger partial charge in [0, 0.05) is 18.0 Å². The second-order valence-electron chi connectivity index (χ2n) is 6.81. The molecule has 2 bridgehead atoms. The Bertz CT molecular complexity index is 261. The molecule has 4 atom stereocenters. The van der Waals surface area contributed by atoms with Gasteiger partial charge in [0.15, 0.2) is 0 Å². The molecule has 0 aromatic rings. The summed E-state index contributed by atoms with van der Waals surface area (Å²) < 4.78 is 5.31. The molecule has 2 nitrogen and oxygen atoms in total. The summed E-state index contributed by atoms with van der Waals surface area (Å²) in [6, 6.07) is 0.715. The van der Waals surface area contributed by atoms with Gasteiger partial charge in [0.2, 0.25) is 0 Å². The Labute approximate surface area is 99.1 Å². The van der Waals surface area contributed by atoms with Crippen LogP contribution in [0.15, 0.2) is 0 Å². The zero-order valence-electron chi connectivity index (χ0n) is 10.7. The molecule has 4 unspecified atom stereocenters. The highest BCUT2D eigenvalue weighted by atomic mass is 16.5. The monoisotopic (exact) mass is 223 g/mol. The fourth-order valence-corrected chi connectivity index (χ4v) is 4.02. The predicted octanol–water partition coefficient (Wildman–Crippen LogP) is 2.44. The van der Waals surface area contributed by atoms with Gasteiger partial charge in [0.05, 0.1) is 13.2 Å². The fraction of sp³-hybridized carbons (Fsp3) is 1.00. The zero-order chi connectivity index (χ0) is 11.2. The molecule has 1 N–H and O–H groups in total. The van der Waals surface area contributed by atoms with Crippen molar-refractivity contribution in [2.24, 2.45) is 23.2 Å². The lowest BCUT2D eigenvalue weighted by molar-refractivity contribution is -0.101. The van der Waals surface area contributed by atoms with Crippen molar-refractivity contribution in [2.75, 3.05) is 19.8 Å². The van der Waals surface area contributed by atoms with Gasteiger partial charge in [-0.1, -0.05) is 13.3 Å². The molecule has 3 fully saturated rings. The van der Waals surface area contributed by atoms with Gasteiger partial charge in [0.1, 0.15) is 0 Å². The SMILES string of the molecule is CC(NCC1(C)COC1)C1CC2CCC1C2. The van der Waals surface area contributed by atoms with Crippen molar-refractivity contribution < 1.29 is 4.74 Å². The van der Waals surface area contributed by atoms with Gasteiger partial charge in [-0.25, -0.2) is 0 Å². The van der Waals surface area contributed by atoms with Gasteiger partial charge < -0.3 is 10.1 Å². The molecule has 16 heavy (non-hydrogen) atoms. The van der Waals surface area contributed by atoms with E-state index < -0.39 is 0 Å². The molecule has 3 aliphatic rings. The standard InChI is InChI=1S/C14H25NO/c1-10(15-7-14(2)8-16-9-14)13-6-11-3-4-12(13)5-11/h10-13,15H,3-9H2,1-2H3. The molecule has 2 saturated carbocycles. The smallest absolute Gasteiger partial charge is 0.0554 e. The predicted molar refractivity (Wildman–Crippen MR) is 65.3 cm³/mol. The maximum absolute atomic E-state index is 5.31. The highest BCUT2D eigenvalue weighted by Crippen LogP contribution is 2.49. The van der Waals surface area contributed by atoms with Crippen molar-refractivity contribution in [1.82, 2.24) is 5.32 Å². The normalized spacial score (nSPS) is 42.0. The van der Waals surface area contributed by atoms with E-state index in [0.717, 1.165) is 37.5 Å². The van der Waals surface area contributed by atoms with Crippen LogP contribution in [0.2, 0.25) is 0 Å². The summed E-state index contributed by atoms with van der Waals surface area (Å²) in [6.45, 7) is 7.76.